The number of carboxylic acids is 1. The fourth-order valence-electron chi connectivity index (χ4n) is 2.37. The molecule has 1 heterocycles. The van der Waals surface area contributed by atoms with Gasteiger partial charge in [0.25, 0.3) is 0 Å². The van der Waals surface area contributed by atoms with Crippen molar-refractivity contribution in [2.75, 3.05) is 31.6 Å². The van der Waals surface area contributed by atoms with E-state index in [4.69, 9.17) is 9.84 Å². The lowest BCUT2D eigenvalue weighted by Gasteiger charge is -2.34. The first-order valence-electron chi connectivity index (χ1n) is 6.95. The van der Waals surface area contributed by atoms with Gasteiger partial charge in [-0.3, -0.25) is 14.5 Å². The Labute approximate surface area is 123 Å². The van der Waals surface area contributed by atoms with Crippen molar-refractivity contribution in [2.24, 2.45) is 0 Å². The summed E-state index contributed by atoms with van der Waals surface area (Å²) in [5.74, 6) is -1.02. The molecule has 1 saturated heterocycles. The molecule has 1 fully saturated rings. The Morgan fingerprint density at radius 3 is 2.90 bits per heavy atom. The average molecular weight is 292 g/mol. The lowest BCUT2D eigenvalue weighted by molar-refractivity contribution is -0.141. The molecule has 1 amide bonds. The van der Waals surface area contributed by atoms with Crippen LogP contribution in [-0.2, 0) is 14.3 Å². The lowest BCUT2D eigenvalue weighted by atomic mass is 10.1. The summed E-state index contributed by atoms with van der Waals surface area (Å²) in [5.41, 5.74) is 1.78. The van der Waals surface area contributed by atoms with Crippen molar-refractivity contribution in [1.82, 2.24) is 4.90 Å². The normalized spacial score (nSPS) is 19.2. The molecule has 1 aromatic rings. The van der Waals surface area contributed by atoms with Crippen molar-refractivity contribution in [3.63, 3.8) is 0 Å². The van der Waals surface area contributed by atoms with Crippen LogP contribution < -0.4 is 5.32 Å². The number of nitrogens with zero attached hydrogens (tertiary/aromatic N) is 1. The van der Waals surface area contributed by atoms with Gasteiger partial charge in [0.1, 0.15) is 0 Å². The van der Waals surface area contributed by atoms with Crippen molar-refractivity contribution in [3.05, 3.63) is 29.8 Å². The zero-order valence-electron chi connectivity index (χ0n) is 12.0. The molecule has 0 bridgehead atoms. The number of carbonyl (C=O) groups is 2. The molecule has 1 aliphatic heterocycles. The van der Waals surface area contributed by atoms with E-state index in [9.17, 15) is 9.59 Å². The summed E-state index contributed by atoms with van der Waals surface area (Å²) >= 11 is 0. The lowest BCUT2D eigenvalue weighted by Crippen LogP contribution is -2.49. The monoisotopic (exact) mass is 292 g/mol. The molecule has 1 aromatic carbocycles. The van der Waals surface area contributed by atoms with E-state index in [1.54, 1.807) is 0 Å². The van der Waals surface area contributed by atoms with Crippen LogP contribution in [-0.4, -0.2) is 54.2 Å². The number of hydrogen-bond acceptors (Lipinski definition) is 4. The number of anilines is 1. The van der Waals surface area contributed by atoms with Gasteiger partial charge in [-0.2, -0.15) is 0 Å². The number of benzene rings is 1. The van der Waals surface area contributed by atoms with Crippen LogP contribution in [0.3, 0.4) is 0 Å². The van der Waals surface area contributed by atoms with Crippen molar-refractivity contribution < 1.29 is 19.4 Å². The number of ether oxygens (including phenoxy) is 1. The number of para-hydroxylation sites is 1. The number of carbonyl (C=O) groups excluding carboxylic acids is 1. The highest BCUT2D eigenvalue weighted by molar-refractivity contribution is 5.93. The number of morpholine rings is 1. The first kappa shape index (κ1) is 15.5. The van der Waals surface area contributed by atoms with Crippen LogP contribution in [0.15, 0.2) is 24.3 Å². The van der Waals surface area contributed by atoms with E-state index >= 15 is 0 Å². The Kier molecular flexibility index (Phi) is 5.30. The predicted molar refractivity (Wildman–Crippen MR) is 78.2 cm³/mol. The van der Waals surface area contributed by atoms with Crippen molar-refractivity contribution in [2.45, 2.75) is 19.4 Å². The highest BCUT2D eigenvalue weighted by Gasteiger charge is 2.26. The molecule has 2 rings (SSSR count). The van der Waals surface area contributed by atoms with Crippen LogP contribution in [0.2, 0.25) is 0 Å². The van der Waals surface area contributed by atoms with E-state index in [2.05, 4.69) is 5.32 Å². The molecule has 21 heavy (non-hydrogen) atoms. The second kappa shape index (κ2) is 7.19. The Morgan fingerprint density at radius 2 is 2.19 bits per heavy atom. The van der Waals surface area contributed by atoms with E-state index in [1.807, 2.05) is 36.1 Å². The predicted octanol–water partition coefficient (Wildman–Crippen LogP) is 1.11. The molecule has 114 valence electrons. The van der Waals surface area contributed by atoms with E-state index in [0.29, 0.717) is 19.8 Å². The van der Waals surface area contributed by atoms with Crippen LogP contribution in [0.25, 0.3) is 0 Å². The minimum atomic E-state index is -0.880. The third-order valence-corrected chi connectivity index (χ3v) is 3.53. The largest absolute Gasteiger partial charge is 0.481 e. The molecule has 0 aromatic heterocycles. The molecule has 6 nitrogen and oxygen atoms in total. The minimum absolute atomic E-state index is 0.0162. The minimum Gasteiger partial charge on any atom is -0.481 e. The smallest absolute Gasteiger partial charge is 0.305 e. The summed E-state index contributed by atoms with van der Waals surface area (Å²) < 4.78 is 5.30. The molecule has 1 aliphatic rings. The summed E-state index contributed by atoms with van der Waals surface area (Å²) in [6.07, 6.45) is -0.0162. The zero-order chi connectivity index (χ0) is 15.2. The van der Waals surface area contributed by atoms with Gasteiger partial charge in [-0.25, -0.2) is 0 Å². The standard InChI is InChI=1S/C15H20N2O4/c1-11-4-2-3-5-13(11)16-14(18)9-17-6-7-21-10-12(17)8-15(19)20/h2-5,12H,6-10H2,1H3,(H,16,18)(H,19,20). The Morgan fingerprint density at radius 1 is 1.43 bits per heavy atom. The van der Waals surface area contributed by atoms with Crippen molar-refractivity contribution in [3.8, 4) is 0 Å². The van der Waals surface area contributed by atoms with Crippen LogP contribution in [0.1, 0.15) is 12.0 Å². The Hall–Kier alpha value is -1.92. The maximum atomic E-state index is 12.1. The van der Waals surface area contributed by atoms with Crippen LogP contribution in [0.5, 0.6) is 0 Å². The fraction of sp³-hybridized carbons (Fsp3) is 0.467. The number of aryl methyl sites for hydroxylation is 1. The average Bonchev–Trinajstić information content (AvgIpc) is 2.43. The molecule has 0 spiro atoms. The zero-order valence-corrected chi connectivity index (χ0v) is 12.0. The second-order valence-electron chi connectivity index (χ2n) is 5.16. The van der Waals surface area contributed by atoms with E-state index in [0.717, 1.165) is 11.3 Å². The summed E-state index contributed by atoms with van der Waals surface area (Å²) in [6.45, 7) is 3.55. The van der Waals surface area contributed by atoms with Gasteiger partial charge in [0.15, 0.2) is 0 Å². The number of nitrogens with one attached hydrogen (secondary N) is 1. The first-order chi connectivity index (χ1) is 10.1. The van der Waals surface area contributed by atoms with E-state index in [-0.39, 0.29) is 24.9 Å². The highest BCUT2D eigenvalue weighted by Crippen LogP contribution is 2.14. The van der Waals surface area contributed by atoms with Gasteiger partial charge in [-0.15, -0.1) is 0 Å². The molecule has 0 radical (unpaired) electrons. The summed E-state index contributed by atoms with van der Waals surface area (Å²) in [7, 11) is 0. The quantitative estimate of drug-likeness (QED) is 0.850. The maximum absolute atomic E-state index is 12.1. The number of carboxylic acid groups (broad SMARTS) is 1. The SMILES string of the molecule is Cc1ccccc1NC(=O)CN1CCOCC1CC(=O)O. The second-order valence-corrected chi connectivity index (χ2v) is 5.16. The Bertz CT molecular complexity index is 518. The maximum Gasteiger partial charge on any atom is 0.305 e. The summed E-state index contributed by atoms with van der Waals surface area (Å²) in [6, 6.07) is 7.30. The van der Waals surface area contributed by atoms with E-state index < -0.39 is 5.97 Å². The first-order valence-corrected chi connectivity index (χ1v) is 6.95. The molecular formula is C15H20N2O4. The van der Waals surface area contributed by atoms with Gasteiger partial charge in [0.2, 0.25) is 5.91 Å². The topological polar surface area (TPSA) is 78.9 Å². The molecule has 1 unspecified atom stereocenters. The van der Waals surface area contributed by atoms with Crippen molar-refractivity contribution in [1.29, 1.82) is 0 Å². The fourth-order valence-corrected chi connectivity index (χ4v) is 2.37. The van der Waals surface area contributed by atoms with Crippen LogP contribution >= 0.6 is 0 Å². The molecule has 0 aliphatic carbocycles. The number of aliphatic carboxylic acids is 1. The van der Waals surface area contributed by atoms with Gasteiger partial charge >= 0.3 is 5.97 Å². The Balaban J connectivity index is 1.94. The number of hydrogen-bond donors (Lipinski definition) is 2. The number of rotatable bonds is 5. The molecule has 0 saturated carbocycles. The molecule has 6 heteroatoms. The van der Waals surface area contributed by atoms with Gasteiger partial charge < -0.3 is 15.2 Å². The third-order valence-electron chi connectivity index (χ3n) is 3.53. The third kappa shape index (κ3) is 4.54. The van der Waals surface area contributed by atoms with Gasteiger partial charge in [0, 0.05) is 18.3 Å². The number of amides is 1. The highest BCUT2D eigenvalue weighted by atomic mass is 16.5. The van der Waals surface area contributed by atoms with Gasteiger partial charge in [-0.05, 0) is 18.6 Å². The van der Waals surface area contributed by atoms with Gasteiger partial charge in [0.05, 0.1) is 26.2 Å². The van der Waals surface area contributed by atoms with Crippen molar-refractivity contribution >= 4 is 17.6 Å². The summed E-state index contributed by atoms with van der Waals surface area (Å²) in [4.78, 5) is 24.8. The molecule has 1 atom stereocenters. The van der Waals surface area contributed by atoms with E-state index in [1.165, 1.54) is 0 Å². The molecular weight excluding hydrogens is 272 g/mol. The summed E-state index contributed by atoms with van der Waals surface area (Å²) in [5, 5.41) is 11.8. The van der Waals surface area contributed by atoms with Gasteiger partial charge in [-0.1, -0.05) is 18.2 Å². The van der Waals surface area contributed by atoms with Crippen LogP contribution in [0.4, 0.5) is 5.69 Å². The molecule has 2 N–H and O–H groups in total. The van der Waals surface area contributed by atoms with Crippen LogP contribution in [0, 0.1) is 6.92 Å².